The minimum atomic E-state index is -0.981. The first-order valence-electron chi connectivity index (χ1n) is 10.4. The van der Waals surface area contributed by atoms with Gasteiger partial charge in [-0.05, 0) is 19.8 Å². The minimum absolute atomic E-state index is 0. The Hall–Kier alpha value is -2.61. The second-order valence-corrected chi connectivity index (χ2v) is 7.51. The predicted molar refractivity (Wildman–Crippen MR) is 113 cm³/mol. The van der Waals surface area contributed by atoms with Crippen molar-refractivity contribution >= 4 is 30.9 Å². The van der Waals surface area contributed by atoms with Crippen molar-refractivity contribution in [3.8, 4) is 0 Å². The van der Waals surface area contributed by atoms with Crippen molar-refractivity contribution in [2.24, 2.45) is 0 Å². The number of benzene rings is 1. The maximum Gasteiger partial charge on any atom is 2.00 e. The normalized spacial score (nSPS) is 13.4. The summed E-state index contributed by atoms with van der Waals surface area (Å²) in [4.78, 5) is 35.0. The van der Waals surface area contributed by atoms with E-state index in [1.165, 1.54) is 12.9 Å². The number of hydrogen-bond acceptors (Lipinski definition) is 6. The molecule has 0 atom stereocenters. The van der Waals surface area contributed by atoms with Crippen LogP contribution >= 0.6 is 0 Å². The Morgan fingerprint density at radius 1 is 1.31 bits per heavy atom. The molecule has 1 saturated carbocycles. The summed E-state index contributed by atoms with van der Waals surface area (Å²) in [5.74, 6) is 0.265. The third-order valence-corrected chi connectivity index (χ3v) is 5.11. The van der Waals surface area contributed by atoms with Crippen LogP contribution in [0.1, 0.15) is 53.9 Å². The zero-order valence-corrected chi connectivity index (χ0v) is 20.7. The van der Waals surface area contributed by atoms with Gasteiger partial charge in [0.2, 0.25) is 0 Å². The van der Waals surface area contributed by atoms with Crippen LogP contribution in [0.25, 0.3) is 0 Å². The second kappa shape index (κ2) is 13.1. The fourth-order valence-corrected chi connectivity index (χ4v) is 3.48. The van der Waals surface area contributed by atoms with Crippen molar-refractivity contribution in [1.29, 1.82) is 0 Å². The predicted octanol–water partition coefficient (Wildman–Crippen LogP) is 1.16. The molecule has 1 fully saturated rings. The molecular weight excluding hydrogens is 583 g/mol. The van der Waals surface area contributed by atoms with Gasteiger partial charge in [0.25, 0.3) is 5.91 Å². The summed E-state index contributed by atoms with van der Waals surface area (Å²) >= 11 is 0. The van der Waals surface area contributed by atoms with E-state index in [2.05, 4.69) is 27.1 Å². The number of carbonyl (C=O) groups excluding carboxylic acids is 3. The molecule has 0 radical (unpaired) electrons. The number of amides is 3. The summed E-state index contributed by atoms with van der Waals surface area (Å²) in [6.45, 7) is 3.50. The van der Waals surface area contributed by atoms with Gasteiger partial charge in [-0.1, -0.05) is 37.3 Å². The second-order valence-electron chi connectivity index (χ2n) is 7.51. The Morgan fingerprint density at radius 2 is 2.09 bits per heavy atom. The average Bonchev–Trinajstić information content (AvgIpc) is 3.21. The molecule has 1 aliphatic carbocycles. The summed E-state index contributed by atoms with van der Waals surface area (Å²) < 4.78 is 9.80. The Labute approximate surface area is 201 Å². The molecule has 1 aromatic heterocycles. The van der Waals surface area contributed by atoms with E-state index < -0.39 is 13.1 Å². The summed E-state index contributed by atoms with van der Waals surface area (Å²) in [6, 6.07) is 9.58. The van der Waals surface area contributed by atoms with Crippen LogP contribution in [0.5, 0.6) is 0 Å². The minimum Gasteiger partial charge on any atom is -0.707 e. The maximum atomic E-state index is 12.3. The summed E-state index contributed by atoms with van der Waals surface area (Å²) in [5.41, 5.74) is 1.65. The number of carbonyl (C=O) groups is 2. The van der Waals surface area contributed by atoms with Gasteiger partial charge in [0, 0.05) is 18.7 Å². The molecule has 0 spiro atoms. The standard InChI is InChI=1S/C21H25BN4O5.W/c1-15-13-19(26-31-15)20(28)23-12-11-16-7-9-17(10-8-16)22(30-14-27)25-21(29)24-18-5-3-2-4-6-18;/h7-9,13,18H,2-6,11-12H2,1H3,(H,23,28)(H2,24,25,29);/q-2;+2. The topological polar surface area (TPSA) is 123 Å². The Bertz CT molecular complexity index is 887. The van der Waals surface area contributed by atoms with E-state index in [1.807, 2.05) is 6.07 Å². The molecule has 1 aliphatic rings. The van der Waals surface area contributed by atoms with Crippen LogP contribution < -0.4 is 21.3 Å². The third kappa shape index (κ3) is 7.82. The number of nitrogens with one attached hydrogen (secondary N) is 3. The van der Waals surface area contributed by atoms with Crippen LogP contribution in [0.4, 0.5) is 4.79 Å². The molecule has 0 unspecified atom stereocenters. The molecule has 0 aliphatic heterocycles. The Kier molecular flexibility index (Phi) is 10.5. The fraction of sp³-hybridized carbons (Fsp3) is 0.429. The van der Waals surface area contributed by atoms with Crippen LogP contribution in [0.15, 0.2) is 28.8 Å². The van der Waals surface area contributed by atoms with E-state index >= 15 is 0 Å². The number of hydrogen-bond donors (Lipinski definition) is 3. The van der Waals surface area contributed by atoms with Gasteiger partial charge >= 0.3 is 34.1 Å². The number of nitrogens with zero attached hydrogens (tertiary/aromatic N) is 1. The van der Waals surface area contributed by atoms with E-state index in [4.69, 9.17) is 9.18 Å². The van der Waals surface area contributed by atoms with Gasteiger partial charge in [0.15, 0.2) is 5.69 Å². The van der Waals surface area contributed by atoms with E-state index in [-0.39, 0.29) is 38.7 Å². The molecule has 1 heterocycles. The van der Waals surface area contributed by atoms with Crippen LogP contribution in [0, 0.1) is 13.0 Å². The number of urea groups is 1. The van der Waals surface area contributed by atoms with E-state index in [0.717, 1.165) is 31.2 Å². The van der Waals surface area contributed by atoms with Crippen molar-refractivity contribution in [3.63, 3.8) is 0 Å². The van der Waals surface area contributed by atoms with E-state index in [9.17, 15) is 14.4 Å². The zero-order chi connectivity index (χ0) is 22.1. The van der Waals surface area contributed by atoms with Crippen molar-refractivity contribution < 1.29 is 44.6 Å². The molecule has 3 N–H and O–H groups in total. The number of aromatic nitrogens is 1. The van der Waals surface area contributed by atoms with Gasteiger partial charge in [-0.25, -0.2) is 0 Å². The molecule has 168 valence electrons. The van der Waals surface area contributed by atoms with Crippen molar-refractivity contribution in [3.05, 3.63) is 47.3 Å². The smallest absolute Gasteiger partial charge is 0.707 e. The molecule has 3 rings (SSSR count). The van der Waals surface area contributed by atoms with E-state index in [1.54, 1.807) is 25.1 Å². The fourth-order valence-electron chi connectivity index (χ4n) is 3.48. The van der Waals surface area contributed by atoms with Gasteiger partial charge in [0.1, 0.15) is 5.76 Å². The van der Waals surface area contributed by atoms with Gasteiger partial charge in [-0.2, -0.15) is 29.8 Å². The van der Waals surface area contributed by atoms with Gasteiger partial charge in [0.05, 0.1) is 0 Å². The first-order valence-corrected chi connectivity index (χ1v) is 10.4. The molecule has 2 aromatic rings. The average molecular weight is 608 g/mol. The van der Waals surface area contributed by atoms with Crippen molar-refractivity contribution in [1.82, 2.24) is 21.0 Å². The molecule has 0 saturated heterocycles. The third-order valence-electron chi connectivity index (χ3n) is 5.11. The molecule has 3 amide bonds. The van der Waals surface area contributed by atoms with Crippen molar-refractivity contribution in [2.45, 2.75) is 51.5 Å². The number of aryl methyl sites for hydroxylation is 1. The summed E-state index contributed by atoms with van der Waals surface area (Å²) in [6.07, 6.45) is 5.86. The molecular formula is C21H25BN4O5W. The van der Waals surface area contributed by atoms with Crippen LogP contribution in [0.2, 0.25) is 0 Å². The first kappa shape index (κ1) is 25.7. The molecule has 9 nitrogen and oxygen atoms in total. The van der Waals surface area contributed by atoms with Crippen molar-refractivity contribution in [2.75, 3.05) is 6.54 Å². The van der Waals surface area contributed by atoms with Crippen LogP contribution in [-0.2, 0) is 36.9 Å². The largest absolute Gasteiger partial charge is 2.00 e. The summed E-state index contributed by atoms with van der Waals surface area (Å²) in [5, 5.41) is 12.0. The quantitative estimate of drug-likeness (QED) is 0.291. The van der Waals surface area contributed by atoms with Gasteiger partial charge in [-0.15, -0.1) is 5.46 Å². The monoisotopic (exact) mass is 608 g/mol. The van der Waals surface area contributed by atoms with Gasteiger partial charge in [-0.3, -0.25) is 9.59 Å². The summed E-state index contributed by atoms with van der Waals surface area (Å²) in [7, 11) is -0.981. The molecule has 11 heteroatoms. The molecule has 0 bridgehead atoms. The van der Waals surface area contributed by atoms with Crippen LogP contribution in [0.3, 0.4) is 0 Å². The number of rotatable bonds is 9. The molecule has 32 heavy (non-hydrogen) atoms. The van der Waals surface area contributed by atoms with Crippen LogP contribution in [-0.4, -0.2) is 43.2 Å². The Morgan fingerprint density at radius 3 is 2.72 bits per heavy atom. The molecule has 1 aromatic carbocycles. The van der Waals surface area contributed by atoms with Gasteiger partial charge < -0.3 is 29.8 Å². The zero-order valence-electron chi connectivity index (χ0n) is 17.8. The maximum absolute atomic E-state index is 12.3. The SMILES string of the molecule is Cc1cc(C(=O)NCCc2c[c-]c(B(NC(=O)NC3CCCCC3)O[C-]=O)cc2)no1.[W+2]. The Balaban J connectivity index is 0.00000363. The van der Waals surface area contributed by atoms with E-state index in [0.29, 0.717) is 24.2 Å². The first-order chi connectivity index (χ1) is 15.0.